The normalized spacial score (nSPS) is 14.2. The smallest absolute Gasteiger partial charge is 0.239 e. The molecule has 0 aliphatic heterocycles. The first-order valence-corrected chi connectivity index (χ1v) is 4.94. The molecule has 2 N–H and O–H groups in total. The largest absolute Gasteiger partial charge is 0.351 e. The molecular formula is C10H23N3O. The third-order valence-electron chi connectivity index (χ3n) is 2.21. The van der Waals surface area contributed by atoms with E-state index in [-0.39, 0.29) is 11.9 Å². The minimum atomic E-state index is -0.499. The molecule has 1 amide bonds. The third-order valence-corrected chi connectivity index (χ3v) is 2.21. The maximum atomic E-state index is 11.7. The predicted octanol–water partition coefficient (Wildman–Crippen LogP) is 0.0507. The standard InChI is InChI=1S/C10H23N3O/c1-8(7-13(5)6)12-9(14)10(2,3)11-4/h8,11H,7H2,1-6H3,(H,12,14). The Kier molecular flexibility index (Phi) is 5.08. The molecule has 0 aliphatic carbocycles. The van der Waals surface area contributed by atoms with Crippen LogP contribution < -0.4 is 10.6 Å². The highest BCUT2D eigenvalue weighted by Gasteiger charge is 2.25. The van der Waals surface area contributed by atoms with Gasteiger partial charge >= 0.3 is 0 Å². The molecule has 0 saturated carbocycles. The first-order chi connectivity index (χ1) is 6.29. The van der Waals surface area contributed by atoms with E-state index >= 15 is 0 Å². The maximum Gasteiger partial charge on any atom is 0.239 e. The molecule has 0 saturated heterocycles. The van der Waals surface area contributed by atoms with E-state index in [1.807, 2.05) is 34.9 Å². The second-order valence-corrected chi connectivity index (χ2v) is 4.51. The van der Waals surface area contributed by atoms with Gasteiger partial charge in [0.05, 0.1) is 5.54 Å². The van der Waals surface area contributed by atoms with Crippen molar-refractivity contribution in [3.05, 3.63) is 0 Å². The molecule has 0 aromatic carbocycles. The van der Waals surface area contributed by atoms with Crippen LogP contribution in [0.4, 0.5) is 0 Å². The Hall–Kier alpha value is -0.610. The van der Waals surface area contributed by atoms with Crippen LogP contribution in [0.5, 0.6) is 0 Å². The minimum Gasteiger partial charge on any atom is -0.351 e. The van der Waals surface area contributed by atoms with Gasteiger partial charge in [0.15, 0.2) is 0 Å². The fourth-order valence-corrected chi connectivity index (χ4v) is 1.11. The molecule has 0 radical (unpaired) electrons. The lowest BCUT2D eigenvalue weighted by Gasteiger charge is -2.26. The number of carbonyl (C=O) groups is 1. The lowest BCUT2D eigenvalue weighted by molar-refractivity contribution is -0.126. The fraction of sp³-hybridized carbons (Fsp3) is 0.900. The van der Waals surface area contributed by atoms with Crippen molar-refractivity contribution in [3.8, 4) is 0 Å². The van der Waals surface area contributed by atoms with E-state index in [9.17, 15) is 4.79 Å². The number of carbonyl (C=O) groups excluding carboxylic acids is 1. The fourth-order valence-electron chi connectivity index (χ4n) is 1.11. The molecule has 0 aromatic rings. The number of rotatable bonds is 5. The molecule has 0 heterocycles. The highest BCUT2D eigenvalue weighted by atomic mass is 16.2. The Labute approximate surface area is 87.0 Å². The first kappa shape index (κ1) is 13.4. The summed E-state index contributed by atoms with van der Waals surface area (Å²) in [6, 6.07) is 0.171. The summed E-state index contributed by atoms with van der Waals surface area (Å²) >= 11 is 0. The molecule has 0 aromatic heterocycles. The van der Waals surface area contributed by atoms with Crippen molar-refractivity contribution in [2.75, 3.05) is 27.7 Å². The maximum absolute atomic E-state index is 11.7. The second-order valence-electron chi connectivity index (χ2n) is 4.51. The molecule has 1 unspecified atom stereocenters. The van der Waals surface area contributed by atoms with Gasteiger partial charge in [-0.05, 0) is 41.9 Å². The van der Waals surface area contributed by atoms with Crippen molar-refractivity contribution >= 4 is 5.91 Å². The van der Waals surface area contributed by atoms with Gasteiger partial charge in [-0.1, -0.05) is 0 Å². The molecule has 0 fully saturated rings. The Morgan fingerprint density at radius 1 is 1.43 bits per heavy atom. The van der Waals surface area contributed by atoms with Crippen molar-refractivity contribution in [2.24, 2.45) is 0 Å². The Bertz CT molecular complexity index is 190. The average Bonchev–Trinajstić information content (AvgIpc) is 2.02. The predicted molar refractivity (Wildman–Crippen MR) is 59.3 cm³/mol. The average molecular weight is 201 g/mol. The Morgan fingerprint density at radius 3 is 2.29 bits per heavy atom. The summed E-state index contributed by atoms with van der Waals surface area (Å²) in [7, 11) is 5.77. The van der Waals surface area contributed by atoms with Gasteiger partial charge in [-0.3, -0.25) is 4.79 Å². The van der Waals surface area contributed by atoms with E-state index in [2.05, 4.69) is 15.5 Å². The molecule has 14 heavy (non-hydrogen) atoms. The topological polar surface area (TPSA) is 44.4 Å². The number of nitrogens with one attached hydrogen (secondary N) is 2. The van der Waals surface area contributed by atoms with Crippen LogP contribution in [0.15, 0.2) is 0 Å². The summed E-state index contributed by atoms with van der Waals surface area (Å²) in [4.78, 5) is 13.7. The number of likely N-dealkylation sites (N-methyl/N-ethyl adjacent to an activating group) is 2. The van der Waals surface area contributed by atoms with Crippen LogP contribution in [0.25, 0.3) is 0 Å². The summed E-state index contributed by atoms with van der Waals surface area (Å²) in [5.74, 6) is 0.0364. The zero-order chi connectivity index (χ0) is 11.4. The molecule has 0 spiro atoms. The third kappa shape index (κ3) is 4.58. The monoisotopic (exact) mass is 201 g/mol. The van der Waals surface area contributed by atoms with Gasteiger partial charge in [0.2, 0.25) is 5.91 Å². The zero-order valence-electron chi connectivity index (χ0n) is 10.1. The van der Waals surface area contributed by atoms with Crippen LogP contribution >= 0.6 is 0 Å². The van der Waals surface area contributed by atoms with Crippen LogP contribution in [0, 0.1) is 0 Å². The number of hydrogen-bond acceptors (Lipinski definition) is 3. The molecule has 4 heteroatoms. The quantitative estimate of drug-likeness (QED) is 0.660. The van der Waals surface area contributed by atoms with Crippen molar-refractivity contribution < 1.29 is 4.79 Å². The van der Waals surface area contributed by atoms with E-state index in [0.717, 1.165) is 6.54 Å². The molecule has 0 bridgehead atoms. The first-order valence-electron chi connectivity index (χ1n) is 4.94. The summed E-state index contributed by atoms with van der Waals surface area (Å²) in [5, 5.41) is 5.93. The lowest BCUT2D eigenvalue weighted by atomic mass is 10.0. The molecule has 4 nitrogen and oxygen atoms in total. The van der Waals surface area contributed by atoms with Crippen LogP contribution in [-0.2, 0) is 4.79 Å². The van der Waals surface area contributed by atoms with E-state index in [0.29, 0.717) is 0 Å². The Morgan fingerprint density at radius 2 is 1.93 bits per heavy atom. The van der Waals surface area contributed by atoms with Crippen LogP contribution in [0.1, 0.15) is 20.8 Å². The van der Waals surface area contributed by atoms with Gasteiger partial charge in [0, 0.05) is 12.6 Å². The van der Waals surface area contributed by atoms with Gasteiger partial charge in [-0.25, -0.2) is 0 Å². The van der Waals surface area contributed by atoms with Crippen molar-refractivity contribution in [1.82, 2.24) is 15.5 Å². The van der Waals surface area contributed by atoms with Crippen molar-refractivity contribution in [2.45, 2.75) is 32.4 Å². The van der Waals surface area contributed by atoms with Gasteiger partial charge in [-0.15, -0.1) is 0 Å². The van der Waals surface area contributed by atoms with Gasteiger partial charge in [-0.2, -0.15) is 0 Å². The zero-order valence-corrected chi connectivity index (χ0v) is 10.1. The van der Waals surface area contributed by atoms with E-state index in [1.165, 1.54) is 0 Å². The molecule has 84 valence electrons. The van der Waals surface area contributed by atoms with Gasteiger partial charge in [0.25, 0.3) is 0 Å². The number of nitrogens with zero attached hydrogens (tertiary/aromatic N) is 1. The number of amides is 1. The highest BCUT2D eigenvalue weighted by Crippen LogP contribution is 2.01. The summed E-state index contributed by atoms with van der Waals surface area (Å²) in [6.07, 6.45) is 0. The Balaban J connectivity index is 4.06. The summed E-state index contributed by atoms with van der Waals surface area (Å²) in [5.41, 5.74) is -0.499. The highest BCUT2D eigenvalue weighted by molar-refractivity contribution is 5.85. The van der Waals surface area contributed by atoms with E-state index in [1.54, 1.807) is 7.05 Å². The second kappa shape index (κ2) is 5.32. The summed E-state index contributed by atoms with van der Waals surface area (Å²) in [6.45, 7) is 6.59. The van der Waals surface area contributed by atoms with Gasteiger partial charge < -0.3 is 15.5 Å². The van der Waals surface area contributed by atoms with Gasteiger partial charge in [0.1, 0.15) is 0 Å². The van der Waals surface area contributed by atoms with Crippen molar-refractivity contribution in [3.63, 3.8) is 0 Å². The SMILES string of the molecule is CNC(C)(C)C(=O)NC(C)CN(C)C. The molecule has 1 atom stereocenters. The van der Waals surface area contributed by atoms with Crippen LogP contribution in [0.2, 0.25) is 0 Å². The van der Waals surface area contributed by atoms with Crippen molar-refractivity contribution in [1.29, 1.82) is 0 Å². The van der Waals surface area contributed by atoms with Crippen LogP contribution in [0.3, 0.4) is 0 Å². The number of hydrogen-bond donors (Lipinski definition) is 2. The minimum absolute atomic E-state index is 0.0364. The summed E-state index contributed by atoms with van der Waals surface area (Å²) < 4.78 is 0. The van der Waals surface area contributed by atoms with Crippen LogP contribution in [-0.4, -0.2) is 50.1 Å². The van der Waals surface area contributed by atoms with E-state index in [4.69, 9.17) is 0 Å². The van der Waals surface area contributed by atoms with E-state index < -0.39 is 5.54 Å². The molecule has 0 rings (SSSR count). The lowest BCUT2D eigenvalue weighted by Crippen LogP contribution is -2.54. The molecule has 0 aliphatic rings. The molecular weight excluding hydrogens is 178 g/mol.